The van der Waals surface area contributed by atoms with E-state index in [1.165, 1.54) is 0 Å². The largest absolute Gasteiger partial charge is 0.395 e. The molecule has 0 radical (unpaired) electrons. The Hall–Kier alpha value is -0.930. The molecule has 0 atom stereocenters. The number of amides is 1. The van der Waals surface area contributed by atoms with Crippen molar-refractivity contribution in [3.05, 3.63) is 0 Å². The highest BCUT2D eigenvalue weighted by molar-refractivity contribution is 7.89. The number of rotatable bonds is 3. The first-order valence-electron chi connectivity index (χ1n) is 3.30. The van der Waals surface area contributed by atoms with Crippen LogP contribution in [0.15, 0.2) is 0 Å². The molecule has 0 saturated carbocycles. The van der Waals surface area contributed by atoms with E-state index in [1.807, 2.05) is 0 Å². The maximum Gasteiger partial charge on any atom is 0.395 e. The summed E-state index contributed by atoms with van der Waals surface area (Å²) < 4.78 is 80.9. The minimum Gasteiger partial charge on any atom is -0.267 e. The molecule has 0 heterocycles. The van der Waals surface area contributed by atoms with Gasteiger partial charge in [-0.2, -0.15) is 22.0 Å². The lowest BCUT2D eigenvalue weighted by Gasteiger charge is -2.16. The molecule has 0 aliphatic rings. The second-order valence-electron chi connectivity index (χ2n) is 2.70. The molecule has 0 saturated heterocycles. The number of hydrogen-bond donors (Lipinski definition) is 1. The van der Waals surface area contributed by atoms with Gasteiger partial charge in [-0.1, -0.05) is 0 Å². The molecule has 0 rings (SSSR count). The molecule has 1 N–H and O–H groups in total. The Kier molecular flexibility index (Phi) is 3.67. The van der Waals surface area contributed by atoms with Crippen LogP contribution in [0.1, 0.15) is 6.42 Å². The minimum absolute atomic E-state index is 0.370. The summed E-state index contributed by atoms with van der Waals surface area (Å²) in [5.74, 6) is -7.30. The first kappa shape index (κ1) is 14.1. The molecule has 0 bridgehead atoms. The van der Waals surface area contributed by atoms with Gasteiger partial charge in [0.1, 0.15) is 6.42 Å². The third-order valence-corrected chi connectivity index (χ3v) is 1.59. The molecule has 0 unspecified atom stereocenters. The molecule has 0 aromatic heterocycles. The van der Waals surface area contributed by atoms with Crippen LogP contribution >= 0.6 is 0 Å². The van der Waals surface area contributed by atoms with E-state index < -0.39 is 34.5 Å². The summed E-state index contributed by atoms with van der Waals surface area (Å²) in [5.41, 5.74) is 0. The normalized spacial score (nSPS) is 13.7. The summed E-state index contributed by atoms with van der Waals surface area (Å²) >= 11 is 0. The number of sulfonamides is 1. The van der Waals surface area contributed by atoms with Gasteiger partial charge in [-0.25, -0.2) is 13.1 Å². The van der Waals surface area contributed by atoms with E-state index in [1.54, 1.807) is 0 Å². The monoisotopic (exact) mass is 255 g/mol. The summed E-state index contributed by atoms with van der Waals surface area (Å²) in [4.78, 5) is 10.4. The summed E-state index contributed by atoms with van der Waals surface area (Å²) in [6, 6.07) is 0. The van der Waals surface area contributed by atoms with Crippen LogP contribution in [-0.4, -0.2) is 32.7 Å². The van der Waals surface area contributed by atoms with Crippen LogP contribution in [0.25, 0.3) is 0 Å². The fourth-order valence-corrected chi connectivity index (χ4v) is 1.06. The van der Waals surface area contributed by atoms with Crippen LogP contribution in [0.3, 0.4) is 0 Å². The van der Waals surface area contributed by atoms with Crippen LogP contribution in [0.2, 0.25) is 0 Å². The second kappa shape index (κ2) is 3.91. The van der Waals surface area contributed by atoms with E-state index in [0.29, 0.717) is 6.26 Å². The quantitative estimate of drug-likeness (QED) is 0.753. The van der Waals surface area contributed by atoms with Crippen molar-refractivity contribution in [1.29, 1.82) is 0 Å². The van der Waals surface area contributed by atoms with Gasteiger partial charge in [0.2, 0.25) is 10.0 Å². The molecule has 4 nitrogen and oxygen atoms in total. The predicted octanol–water partition coefficient (Wildman–Crippen LogP) is 0.650. The Morgan fingerprint density at radius 1 is 1.20 bits per heavy atom. The van der Waals surface area contributed by atoms with Gasteiger partial charge < -0.3 is 0 Å². The summed E-state index contributed by atoms with van der Waals surface area (Å²) in [7, 11) is -4.31. The Labute approximate surface area is 81.5 Å². The molecule has 0 fully saturated rings. The Bertz CT molecular complexity index is 346. The average Bonchev–Trinajstić information content (AvgIpc) is 1.75. The van der Waals surface area contributed by atoms with Gasteiger partial charge >= 0.3 is 18.0 Å². The SMILES string of the molecule is CS(=O)(=O)NC(=O)C(F)(F)CC(F)(F)F. The van der Waals surface area contributed by atoms with E-state index in [-0.39, 0.29) is 0 Å². The lowest BCUT2D eigenvalue weighted by atomic mass is 10.2. The van der Waals surface area contributed by atoms with Crippen LogP contribution in [0, 0.1) is 0 Å². The maximum atomic E-state index is 12.4. The predicted molar refractivity (Wildman–Crippen MR) is 38.6 cm³/mol. The van der Waals surface area contributed by atoms with Crippen LogP contribution in [0.4, 0.5) is 22.0 Å². The molecule has 0 spiro atoms. The third-order valence-electron chi connectivity index (χ3n) is 1.03. The summed E-state index contributed by atoms with van der Waals surface area (Å²) in [6.45, 7) is 0. The van der Waals surface area contributed by atoms with Gasteiger partial charge in [0.15, 0.2) is 0 Å². The molecular formula is C5H6F5NO3S. The number of alkyl halides is 5. The van der Waals surface area contributed by atoms with Crippen molar-refractivity contribution >= 4 is 15.9 Å². The average molecular weight is 255 g/mol. The number of carbonyl (C=O) groups excluding carboxylic acids is 1. The van der Waals surface area contributed by atoms with Gasteiger partial charge in [0.05, 0.1) is 6.26 Å². The lowest BCUT2D eigenvalue weighted by molar-refractivity contribution is -0.192. The number of nitrogens with one attached hydrogen (secondary N) is 1. The van der Waals surface area contributed by atoms with E-state index in [2.05, 4.69) is 0 Å². The molecule has 15 heavy (non-hydrogen) atoms. The zero-order valence-electron chi connectivity index (χ0n) is 7.23. The molecule has 0 aliphatic carbocycles. The highest BCUT2D eigenvalue weighted by Gasteiger charge is 2.49. The fraction of sp³-hybridized carbons (Fsp3) is 0.800. The Balaban J connectivity index is 4.68. The first-order chi connectivity index (χ1) is 6.33. The maximum absolute atomic E-state index is 12.4. The topological polar surface area (TPSA) is 63.2 Å². The highest BCUT2D eigenvalue weighted by atomic mass is 32.2. The van der Waals surface area contributed by atoms with Crippen molar-refractivity contribution in [3.63, 3.8) is 0 Å². The standard InChI is InChI=1S/C5H6F5NO3S/c1-15(13,14)11-3(12)4(6,7)2-5(8,9)10/h2H2,1H3,(H,11,12). The lowest BCUT2D eigenvalue weighted by Crippen LogP contribution is -2.45. The van der Waals surface area contributed by atoms with E-state index >= 15 is 0 Å². The van der Waals surface area contributed by atoms with E-state index in [4.69, 9.17) is 0 Å². The molecule has 90 valence electrons. The second-order valence-corrected chi connectivity index (χ2v) is 4.45. The van der Waals surface area contributed by atoms with Crippen LogP contribution in [-0.2, 0) is 14.8 Å². The summed E-state index contributed by atoms with van der Waals surface area (Å²) in [6.07, 6.45) is -7.60. The zero-order valence-corrected chi connectivity index (χ0v) is 8.05. The molecule has 0 aromatic carbocycles. The van der Waals surface area contributed by atoms with Gasteiger partial charge in [-0.15, -0.1) is 0 Å². The molecule has 1 amide bonds. The van der Waals surface area contributed by atoms with Crippen molar-refractivity contribution in [1.82, 2.24) is 4.72 Å². The minimum atomic E-state index is -5.27. The zero-order chi connectivity index (χ0) is 12.5. The van der Waals surface area contributed by atoms with Crippen molar-refractivity contribution in [2.75, 3.05) is 6.26 Å². The number of carbonyl (C=O) groups is 1. The summed E-state index contributed by atoms with van der Waals surface area (Å²) in [5, 5.41) is 0. The van der Waals surface area contributed by atoms with Gasteiger partial charge in [0.25, 0.3) is 0 Å². The van der Waals surface area contributed by atoms with Crippen molar-refractivity contribution < 1.29 is 35.2 Å². The molecule has 0 aromatic rings. The van der Waals surface area contributed by atoms with E-state index in [9.17, 15) is 35.2 Å². The van der Waals surface area contributed by atoms with Crippen LogP contribution < -0.4 is 4.72 Å². The van der Waals surface area contributed by atoms with Gasteiger partial charge in [-0.3, -0.25) is 4.79 Å². The Morgan fingerprint density at radius 3 is 1.87 bits per heavy atom. The smallest absolute Gasteiger partial charge is 0.267 e. The van der Waals surface area contributed by atoms with Crippen molar-refractivity contribution in [3.8, 4) is 0 Å². The van der Waals surface area contributed by atoms with Gasteiger partial charge in [0, 0.05) is 0 Å². The third kappa shape index (κ3) is 6.20. The van der Waals surface area contributed by atoms with Gasteiger partial charge in [-0.05, 0) is 0 Å². The fourth-order valence-electron chi connectivity index (χ4n) is 0.575. The number of hydrogen-bond acceptors (Lipinski definition) is 3. The molecule has 10 heteroatoms. The molecular weight excluding hydrogens is 249 g/mol. The van der Waals surface area contributed by atoms with E-state index in [0.717, 1.165) is 4.72 Å². The van der Waals surface area contributed by atoms with Crippen molar-refractivity contribution in [2.24, 2.45) is 0 Å². The molecule has 0 aliphatic heterocycles. The number of halogens is 5. The highest BCUT2D eigenvalue weighted by Crippen LogP contribution is 2.31. The van der Waals surface area contributed by atoms with Crippen LogP contribution in [0.5, 0.6) is 0 Å². The first-order valence-corrected chi connectivity index (χ1v) is 5.19. The Morgan fingerprint density at radius 2 is 1.60 bits per heavy atom. The van der Waals surface area contributed by atoms with Crippen molar-refractivity contribution in [2.45, 2.75) is 18.5 Å².